The fraction of sp³-hybridized carbons (Fsp3) is 0.579. The molecule has 1 N–H and O–H groups in total. The number of para-hydroxylation sites is 1. The van der Waals surface area contributed by atoms with Gasteiger partial charge in [0.15, 0.2) is 5.75 Å². The third-order valence-electron chi connectivity index (χ3n) is 5.57. The van der Waals surface area contributed by atoms with E-state index in [-0.39, 0.29) is 17.9 Å². The van der Waals surface area contributed by atoms with Gasteiger partial charge in [-0.05, 0) is 37.3 Å². The zero-order valence-electron chi connectivity index (χ0n) is 14.7. The second kappa shape index (κ2) is 6.58. The topological polar surface area (TPSA) is 61.9 Å². The quantitative estimate of drug-likeness (QED) is 0.832. The van der Waals surface area contributed by atoms with Crippen LogP contribution in [0.2, 0.25) is 0 Å². The molecule has 1 atom stereocenters. The van der Waals surface area contributed by atoms with E-state index < -0.39 is 0 Å². The lowest BCUT2D eigenvalue weighted by Crippen LogP contribution is -2.54. The standard InChI is InChI=1S/C19H25N3O3/c1-13-7-9-21(10-8-13)14-3-2-4-15-18(14)25-12-11-22(15)16-5-6-17(23)20-19(16)24/h2-4,13,16H,5-12H2,1H3,(H,20,23,24). The number of rotatable bonds is 2. The summed E-state index contributed by atoms with van der Waals surface area (Å²) in [6.07, 6.45) is 3.35. The molecular weight excluding hydrogens is 318 g/mol. The normalized spacial score (nSPS) is 24.6. The molecule has 3 heterocycles. The van der Waals surface area contributed by atoms with Crippen molar-refractivity contribution in [1.29, 1.82) is 0 Å². The summed E-state index contributed by atoms with van der Waals surface area (Å²) in [4.78, 5) is 28.3. The largest absolute Gasteiger partial charge is 0.487 e. The highest BCUT2D eigenvalue weighted by Crippen LogP contribution is 2.42. The highest BCUT2D eigenvalue weighted by atomic mass is 16.5. The Hall–Kier alpha value is -2.24. The van der Waals surface area contributed by atoms with E-state index in [4.69, 9.17) is 4.74 Å². The van der Waals surface area contributed by atoms with E-state index in [1.54, 1.807) is 0 Å². The number of piperidine rings is 2. The minimum atomic E-state index is -0.294. The molecule has 25 heavy (non-hydrogen) atoms. The molecule has 6 nitrogen and oxygen atoms in total. The number of carbonyl (C=O) groups is 2. The van der Waals surface area contributed by atoms with Crippen LogP contribution in [0.1, 0.15) is 32.6 Å². The number of hydrogen-bond acceptors (Lipinski definition) is 5. The predicted molar refractivity (Wildman–Crippen MR) is 96.1 cm³/mol. The van der Waals surface area contributed by atoms with Crippen molar-refractivity contribution in [3.8, 4) is 5.75 Å². The number of nitrogens with one attached hydrogen (secondary N) is 1. The number of imide groups is 1. The molecule has 1 unspecified atom stereocenters. The molecule has 0 aliphatic carbocycles. The summed E-state index contributed by atoms with van der Waals surface area (Å²) >= 11 is 0. The van der Waals surface area contributed by atoms with Crippen LogP contribution in [0.4, 0.5) is 11.4 Å². The van der Waals surface area contributed by atoms with Crippen LogP contribution >= 0.6 is 0 Å². The second-order valence-corrected chi connectivity index (χ2v) is 7.30. The van der Waals surface area contributed by atoms with Crippen LogP contribution in [-0.2, 0) is 9.59 Å². The van der Waals surface area contributed by atoms with Gasteiger partial charge in [-0.15, -0.1) is 0 Å². The smallest absolute Gasteiger partial charge is 0.249 e. The monoisotopic (exact) mass is 343 g/mol. The van der Waals surface area contributed by atoms with Crippen molar-refractivity contribution >= 4 is 23.2 Å². The fourth-order valence-corrected chi connectivity index (χ4v) is 4.06. The van der Waals surface area contributed by atoms with Crippen molar-refractivity contribution in [2.24, 2.45) is 5.92 Å². The van der Waals surface area contributed by atoms with Gasteiger partial charge in [-0.1, -0.05) is 13.0 Å². The number of carbonyl (C=O) groups excluding carboxylic acids is 2. The molecule has 2 fully saturated rings. The SMILES string of the molecule is CC1CCN(c2cccc3c2OCCN3C2CCC(=O)NC2=O)CC1. The van der Waals surface area contributed by atoms with E-state index >= 15 is 0 Å². The van der Waals surface area contributed by atoms with Gasteiger partial charge < -0.3 is 14.5 Å². The minimum Gasteiger partial charge on any atom is -0.487 e. The summed E-state index contributed by atoms with van der Waals surface area (Å²) in [6.45, 7) is 5.61. The van der Waals surface area contributed by atoms with Crippen molar-refractivity contribution in [3.63, 3.8) is 0 Å². The maximum atomic E-state index is 12.3. The molecule has 0 saturated carbocycles. The average molecular weight is 343 g/mol. The van der Waals surface area contributed by atoms with Crippen LogP contribution < -0.4 is 19.9 Å². The zero-order valence-corrected chi connectivity index (χ0v) is 14.7. The molecule has 1 aromatic carbocycles. The molecule has 0 aromatic heterocycles. The van der Waals surface area contributed by atoms with Crippen molar-refractivity contribution in [1.82, 2.24) is 5.32 Å². The zero-order chi connectivity index (χ0) is 17.4. The van der Waals surface area contributed by atoms with E-state index in [9.17, 15) is 9.59 Å². The minimum absolute atomic E-state index is 0.175. The molecule has 3 aliphatic rings. The summed E-state index contributed by atoms with van der Waals surface area (Å²) in [5.74, 6) is 1.29. The van der Waals surface area contributed by atoms with E-state index in [1.807, 2.05) is 12.1 Å². The van der Waals surface area contributed by atoms with Gasteiger partial charge >= 0.3 is 0 Å². The van der Waals surface area contributed by atoms with Gasteiger partial charge in [0.25, 0.3) is 0 Å². The van der Waals surface area contributed by atoms with Crippen molar-refractivity contribution < 1.29 is 14.3 Å². The lowest BCUT2D eigenvalue weighted by Gasteiger charge is -2.40. The number of fused-ring (bicyclic) bond motifs is 1. The molecule has 0 bridgehead atoms. The molecule has 6 heteroatoms. The molecule has 3 aliphatic heterocycles. The number of ether oxygens (including phenoxy) is 1. The Labute approximate surface area is 148 Å². The van der Waals surface area contributed by atoms with Crippen molar-refractivity contribution in [3.05, 3.63) is 18.2 Å². The van der Waals surface area contributed by atoms with Crippen molar-refractivity contribution in [2.75, 3.05) is 36.0 Å². The Kier molecular flexibility index (Phi) is 4.27. The average Bonchev–Trinajstić information content (AvgIpc) is 2.62. The maximum Gasteiger partial charge on any atom is 0.249 e. The number of hydrogen-bond donors (Lipinski definition) is 1. The third kappa shape index (κ3) is 3.05. The van der Waals surface area contributed by atoms with Gasteiger partial charge in [0, 0.05) is 19.5 Å². The molecule has 1 aromatic rings. The summed E-state index contributed by atoms with van der Waals surface area (Å²) in [5.41, 5.74) is 2.10. The van der Waals surface area contributed by atoms with Gasteiger partial charge in [0.1, 0.15) is 12.6 Å². The van der Waals surface area contributed by atoms with Crippen molar-refractivity contribution in [2.45, 2.75) is 38.6 Å². The Morgan fingerprint density at radius 1 is 1.08 bits per heavy atom. The molecule has 0 radical (unpaired) electrons. The fourth-order valence-electron chi connectivity index (χ4n) is 4.06. The second-order valence-electron chi connectivity index (χ2n) is 7.30. The molecule has 2 amide bonds. The van der Waals surface area contributed by atoms with E-state index in [0.29, 0.717) is 26.0 Å². The first-order valence-corrected chi connectivity index (χ1v) is 9.24. The van der Waals surface area contributed by atoms with E-state index in [2.05, 4.69) is 28.1 Å². The summed E-state index contributed by atoms with van der Waals surface area (Å²) < 4.78 is 6.03. The Morgan fingerprint density at radius 3 is 2.60 bits per heavy atom. The van der Waals surface area contributed by atoms with Crippen LogP contribution in [0, 0.1) is 5.92 Å². The van der Waals surface area contributed by atoms with Gasteiger partial charge in [-0.25, -0.2) is 0 Å². The molecule has 2 saturated heterocycles. The number of anilines is 2. The first kappa shape index (κ1) is 16.2. The molecular formula is C19H25N3O3. The summed E-state index contributed by atoms with van der Waals surface area (Å²) in [6, 6.07) is 5.88. The lowest BCUT2D eigenvalue weighted by molar-refractivity contribution is -0.134. The van der Waals surface area contributed by atoms with E-state index in [0.717, 1.165) is 36.1 Å². The lowest BCUT2D eigenvalue weighted by atomic mass is 9.98. The van der Waals surface area contributed by atoms with Crippen LogP contribution in [0.25, 0.3) is 0 Å². The molecule has 4 rings (SSSR count). The Bertz CT molecular complexity index is 682. The Morgan fingerprint density at radius 2 is 1.84 bits per heavy atom. The third-order valence-corrected chi connectivity index (χ3v) is 5.57. The van der Waals surface area contributed by atoms with E-state index in [1.165, 1.54) is 12.8 Å². The first-order valence-electron chi connectivity index (χ1n) is 9.24. The number of amides is 2. The van der Waals surface area contributed by atoms with Crippen LogP contribution in [-0.4, -0.2) is 44.1 Å². The van der Waals surface area contributed by atoms with Crippen LogP contribution in [0.5, 0.6) is 5.75 Å². The highest BCUT2D eigenvalue weighted by Gasteiger charge is 2.35. The van der Waals surface area contributed by atoms with Gasteiger partial charge in [-0.2, -0.15) is 0 Å². The molecule has 134 valence electrons. The Balaban J connectivity index is 1.63. The van der Waals surface area contributed by atoms with Crippen LogP contribution in [0.3, 0.4) is 0 Å². The van der Waals surface area contributed by atoms with Gasteiger partial charge in [0.2, 0.25) is 11.8 Å². The van der Waals surface area contributed by atoms with Gasteiger partial charge in [-0.3, -0.25) is 14.9 Å². The molecule has 0 spiro atoms. The maximum absolute atomic E-state index is 12.3. The predicted octanol–water partition coefficient (Wildman–Crippen LogP) is 1.93. The summed E-state index contributed by atoms with van der Waals surface area (Å²) in [5, 5.41) is 2.47. The van der Waals surface area contributed by atoms with Gasteiger partial charge in [0.05, 0.1) is 17.9 Å². The number of nitrogens with zero attached hydrogens (tertiary/aromatic N) is 2. The first-order chi connectivity index (χ1) is 12.1. The number of benzene rings is 1. The highest BCUT2D eigenvalue weighted by molar-refractivity contribution is 6.02. The van der Waals surface area contributed by atoms with Crippen LogP contribution in [0.15, 0.2) is 18.2 Å². The summed E-state index contributed by atoms with van der Waals surface area (Å²) in [7, 11) is 0.